The van der Waals surface area contributed by atoms with Crippen LogP contribution in [0.25, 0.3) is 0 Å². The first-order valence-electron chi connectivity index (χ1n) is 6.58. The Morgan fingerprint density at radius 2 is 2.18 bits per heavy atom. The lowest BCUT2D eigenvalue weighted by Crippen LogP contribution is -2.46. The van der Waals surface area contributed by atoms with Crippen LogP contribution in [0.3, 0.4) is 0 Å². The maximum Gasteiger partial charge on any atom is 0.331 e. The number of carbonyl (C=O) groups is 1. The minimum Gasteiger partial charge on any atom is -0.478 e. The first-order valence-corrected chi connectivity index (χ1v) is 6.58. The summed E-state index contributed by atoms with van der Waals surface area (Å²) in [5, 5.41) is 9.05. The molecule has 2 aliphatic carbocycles. The van der Waals surface area contributed by atoms with Gasteiger partial charge in [-0.05, 0) is 43.4 Å². The first kappa shape index (κ1) is 11.3. The van der Waals surface area contributed by atoms with Gasteiger partial charge in [0.15, 0.2) is 0 Å². The molecular weight excluding hydrogens is 216 g/mol. The second-order valence-electron chi connectivity index (χ2n) is 6.22. The Morgan fingerprint density at radius 1 is 1.41 bits per heavy atom. The van der Waals surface area contributed by atoms with Gasteiger partial charge in [0.25, 0.3) is 0 Å². The van der Waals surface area contributed by atoms with Crippen LogP contribution in [-0.4, -0.2) is 22.8 Å². The second-order valence-corrected chi connectivity index (χ2v) is 6.22. The Bertz CT molecular complexity index is 389. The number of hydrogen-bond acceptors (Lipinski definition) is 2. The largest absolute Gasteiger partial charge is 0.478 e. The van der Waals surface area contributed by atoms with Crippen molar-refractivity contribution in [3.8, 4) is 0 Å². The molecule has 0 aromatic heterocycles. The standard InChI is InChI=1S/C14H20O3/c1-9(12(15)16)10-5-7-13(2)6-3-4-11-14(13,8-10)17-11/h10-11H,1,3-8H2,2H3,(H,15,16)/t10-,11-,13-,14-/m1/s1. The summed E-state index contributed by atoms with van der Waals surface area (Å²) >= 11 is 0. The van der Waals surface area contributed by atoms with Crippen molar-refractivity contribution in [1.29, 1.82) is 0 Å². The highest BCUT2D eigenvalue weighted by Crippen LogP contribution is 2.66. The van der Waals surface area contributed by atoms with Gasteiger partial charge in [-0.25, -0.2) is 4.79 Å². The summed E-state index contributed by atoms with van der Waals surface area (Å²) in [6.07, 6.45) is 6.95. The molecule has 17 heavy (non-hydrogen) atoms. The minimum atomic E-state index is -0.844. The third-order valence-corrected chi connectivity index (χ3v) is 5.39. The molecule has 0 bridgehead atoms. The van der Waals surface area contributed by atoms with E-state index in [0.29, 0.717) is 11.7 Å². The van der Waals surface area contributed by atoms with Crippen LogP contribution >= 0.6 is 0 Å². The molecule has 0 radical (unpaired) electrons. The van der Waals surface area contributed by atoms with Gasteiger partial charge >= 0.3 is 5.97 Å². The zero-order valence-electron chi connectivity index (χ0n) is 10.4. The zero-order valence-corrected chi connectivity index (χ0v) is 10.4. The topological polar surface area (TPSA) is 49.8 Å². The maximum absolute atomic E-state index is 11.0. The van der Waals surface area contributed by atoms with Crippen molar-refractivity contribution < 1.29 is 14.6 Å². The molecule has 0 aromatic carbocycles. The lowest BCUT2D eigenvalue weighted by atomic mass is 9.57. The minimum absolute atomic E-state index is 0.00738. The van der Waals surface area contributed by atoms with Crippen molar-refractivity contribution in [3.63, 3.8) is 0 Å². The summed E-state index contributed by atoms with van der Waals surface area (Å²) in [6, 6.07) is 0. The van der Waals surface area contributed by atoms with Crippen LogP contribution in [0.2, 0.25) is 0 Å². The molecular formula is C14H20O3. The molecule has 3 aliphatic rings. The van der Waals surface area contributed by atoms with E-state index in [1.165, 1.54) is 12.8 Å². The van der Waals surface area contributed by atoms with Gasteiger partial charge in [-0.2, -0.15) is 0 Å². The van der Waals surface area contributed by atoms with Crippen molar-refractivity contribution in [1.82, 2.24) is 0 Å². The molecule has 1 saturated heterocycles. The average molecular weight is 236 g/mol. The van der Waals surface area contributed by atoms with Crippen molar-refractivity contribution in [3.05, 3.63) is 12.2 Å². The second kappa shape index (κ2) is 3.35. The highest BCUT2D eigenvalue weighted by Gasteiger charge is 2.69. The Morgan fingerprint density at radius 3 is 2.88 bits per heavy atom. The highest BCUT2D eigenvalue weighted by molar-refractivity contribution is 5.86. The van der Waals surface area contributed by atoms with Crippen molar-refractivity contribution in [2.24, 2.45) is 11.3 Å². The van der Waals surface area contributed by atoms with E-state index in [2.05, 4.69) is 13.5 Å². The summed E-state index contributed by atoms with van der Waals surface area (Å²) in [7, 11) is 0. The molecule has 2 saturated carbocycles. The fourth-order valence-corrected chi connectivity index (χ4v) is 4.13. The molecule has 94 valence electrons. The Hall–Kier alpha value is -0.830. The van der Waals surface area contributed by atoms with E-state index in [9.17, 15) is 4.79 Å². The molecule has 1 spiro atoms. The number of epoxide rings is 1. The molecule has 1 aliphatic heterocycles. The normalized spacial score (nSPS) is 47.8. The predicted molar refractivity (Wildman–Crippen MR) is 63.7 cm³/mol. The van der Waals surface area contributed by atoms with Crippen molar-refractivity contribution >= 4 is 5.97 Å². The van der Waals surface area contributed by atoms with Crippen LogP contribution < -0.4 is 0 Å². The first-order chi connectivity index (χ1) is 7.98. The maximum atomic E-state index is 11.0. The Labute approximate surface area is 102 Å². The van der Waals surface area contributed by atoms with E-state index < -0.39 is 5.97 Å². The third-order valence-electron chi connectivity index (χ3n) is 5.39. The van der Waals surface area contributed by atoms with Gasteiger partial charge in [0.1, 0.15) is 5.60 Å². The Kier molecular flexibility index (Phi) is 2.22. The summed E-state index contributed by atoms with van der Waals surface area (Å²) in [5.41, 5.74) is 0.652. The number of hydrogen-bond donors (Lipinski definition) is 1. The predicted octanol–water partition coefficient (Wildman–Crippen LogP) is 2.76. The number of carboxylic acids is 1. The molecule has 3 nitrogen and oxygen atoms in total. The molecule has 0 amide bonds. The van der Waals surface area contributed by atoms with Gasteiger partial charge in [-0.1, -0.05) is 19.9 Å². The van der Waals surface area contributed by atoms with E-state index in [1.54, 1.807) is 0 Å². The van der Waals surface area contributed by atoms with Crippen LogP contribution in [0, 0.1) is 11.3 Å². The molecule has 0 unspecified atom stereocenters. The van der Waals surface area contributed by atoms with Crippen LogP contribution in [0.1, 0.15) is 45.4 Å². The van der Waals surface area contributed by atoms with E-state index >= 15 is 0 Å². The van der Waals surface area contributed by atoms with E-state index in [-0.39, 0.29) is 16.9 Å². The van der Waals surface area contributed by atoms with Gasteiger partial charge in [-0.3, -0.25) is 0 Å². The lowest BCUT2D eigenvalue weighted by Gasteiger charge is -2.45. The Balaban J connectivity index is 1.81. The van der Waals surface area contributed by atoms with Gasteiger partial charge in [-0.15, -0.1) is 0 Å². The molecule has 0 aromatic rings. The quantitative estimate of drug-likeness (QED) is 0.592. The number of rotatable bonds is 2. The van der Waals surface area contributed by atoms with Crippen LogP contribution in [0.15, 0.2) is 12.2 Å². The van der Waals surface area contributed by atoms with Crippen molar-refractivity contribution in [2.75, 3.05) is 0 Å². The van der Waals surface area contributed by atoms with Crippen LogP contribution in [0.4, 0.5) is 0 Å². The fraction of sp³-hybridized carbons (Fsp3) is 0.786. The van der Waals surface area contributed by atoms with E-state index in [1.807, 2.05) is 0 Å². The van der Waals surface area contributed by atoms with Crippen molar-refractivity contribution in [2.45, 2.75) is 57.2 Å². The average Bonchev–Trinajstić information content (AvgIpc) is 2.99. The summed E-state index contributed by atoms with van der Waals surface area (Å²) in [6.45, 7) is 6.06. The van der Waals surface area contributed by atoms with Crippen LogP contribution in [-0.2, 0) is 9.53 Å². The van der Waals surface area contributed by atoms with E-state index in [0.717, 1.165) is 25.7 Å². The smallest absolute Gasteiger partial charge is 0.331 e. The summed E-state index contributed by atoms with van der Waals surface area (Å²) in [5.74, 6) is -0.730. The molecule has 4 atom stereocenters. The van der Waals surface area contributed by atoms with Crippen LogP contribution in [0.5, 0.6) is 0 Å². The monoisotopic (exact) mass is 236 g/mol. The van der Waals surface area contributed by atoms with Gasteiger partial charge < -0.3 is 9.84 Å². The highest BCUT2D eigenvalue weighted by atomic mass is 16.6. The molecule has 1 heterocycles. The molecule has 3 rings (SSSR count). The summed E-state index contributed by atoms with van der Waals surface area (Å²) < 4.78 is 6.00. The molecule has 3 heteroatoms. The number of aliphatic carboxylic acids is 1. The third kappa shape index (κ3) is 1.41. The van der Waals surface area contributed by atoms with E-state index in [4.69, 9.17) is 9.84 Å². The molecule has 1 N–H and O–H groups in total. The molecule has 3 fully saturated rings. The lowest BCUT2D eigenvalue weighted by molar-refractivity contribution is -0.133. The van der Waals surface area contributed by atoms with Gasteiger partial charge in [0, 0.05) is 5.57 Å². The fourth-order valence-electron chi connectivity index (χ4n) is 4.13. The zero-order chi connectivity index (χ0) is 12.3. The SMILES string of the molecule is C=C(C(=O)O)[C@@H]1CC[C@@]2(C)CCC[C@H]3O[C@]32C1. The summed E-state index contributed by atoms with van der Waals surface area (Å²) in [4.78, 5) is 11.0. The number of carboxylic acid groups (broad SMARTS) is 1. The van der Waals surface area contributed by atoms with Gasteiger partial charge in [0.2, 0.25) is 0 Å². The number of ether oxygens (including phenoxy) is 1. The van der Waals surface area contributed by atoms with Gasteiger partial charge in [0.05, 0.1) is 6.10 Å².